The Labute approximate surface area is 128 Å². The van der Waals surface area contributed by atoms with Crippen LogP contribution in [0.25, 0.3) is 0 Å². The number of hydrogen-bond acceptors (Lipinski definition) is 3. The number of nitrogens with zero attached hydrogens (tertiary/aromatic N) is 2. The van der Waals surface area contributed by atoms with Gasteiger partial charge in [-0.15, -0.1) is 11.8 Å². The zero-order valence-electron chi connectivity index (χ0n) is 11.7. The molecule has 5 heteroatoms. The largest absolute Gasteiger partial charge is 0.337 e. The molecule has 2 amide bonds. The van der Waals surface area contributed by atoms with Crippen molar-refractivity contribution in [3.63, 3.8) is 0 Å². The first-order valence-corrected chi connectivity index (χ1v) is 8.00. The maximum Gasteiger partial charge on any atom is 0.322 e. The summed E-state index contributed by atoms with van der Waals surface area (Å²) in [6.07, 6.45) is 2.61. The third kappa shape index (κ3) is 3.36. The molecule has 0 unspecified atom stereocenters. The molecule has 108 valence electrons. The first-order chi connectivity index (χ1) is 10.3. The molecule has 0 radical (unpaired) electrons. The van der Waals surface area contributed by atoms with Crippen molar-refractivity contribution in [3.8, 4) is 0 Å². The summed E-state index contributed by atoms with van der Waals surface area (Å²) in [4.78, 5) is 18.4. The average molecular weight is 299 g/mol. The number of hydrogen-bond donors (Lipinski definition) is 1. The highest BCUT2D eigenvalue weighted by Gasteiger charge is 2.23. The minimum atomic E-state index is -0.0412. The summed E-state index contributed by atoms with van der Waals surface area (Å²) in [5, 5.41) is 3.92. The molecule has 4 nitrogen and oxygen atoms in total. The van der Waals surface area contributed by atoms with Crippen LogP contribution in [0.4, 0.5) is 10.5 Å². The zero-order valence-corrected chi connectivity index (χ0v) is 12.5. The minimum Gasteiger partial charge on any atom is -0.337 e. The van der Waals surface area contributed by atoms with Crippen LogP contribution in [0, 0.1) is 0 Å². The van der Waals surface area contributed by atoms with E-state index < -0.39 is 0 Å². The molecule has 1 aromatic carbocycles. The Hall–Kier alpha value is -2.01. The van der Waals surface area contributed by atoms with Gasteiger partial charge in [0.2, 0.25) is 0 Å². The molecule has 2 aromatic rings. The molecule has 2 heterocycles. The molecule has 1 N–H and O–H groups in total. The lowest BCUT2D eigenvalue weighted by molar-refractivity contribution is 0.246. The maximum atomic E-state index is 12.3. The van der Waals surface area contributed by atoms with E-state index in [1.54, 1.807) is 22.9 Å². The Bertz CT molecular complexity index is 618. The fourth-order valence-corrected chi connectivity index (χ4v) is 3.25. The monoisotopic (exact) mass is 299 g/mol. The van der Waals surface area contributed by atoms with Crippen LogP contribution >= 0.6 is 11.8 Å². The van der Waals surface area contributed by atoms with E-state index in [4.69, 9.17) is 0 Å². The third-order valence-corrected chi connectivity index (χ3v) is 4.35. The van der Waals surface area contributed by atoms with E-state index in [2.05, 4.69) is 22.4 Å². The number of thioether (sulfide) groups is 1. The molecule has 0 spiro atoms. The smallest absolute Gasteiger partial charge is 0.322 e. The predicted octanol–water partition coefficient (Wildman–Crippen LogP) is 2.95. The van der Waals surface area contributed by atoms with Crippen LogP contribution in [0.2, 0.25) is 0 Å². The van der Waals surface area contributed by atoms with Gasteiger partial charge in [0.15, 0.2) is 0 Å². The van der Waals surface area contributed by atoms with Gasteiger partial charge in [-0.1, -0.05) is 30.3 Å². The Morgan fingerprint density at radius 1 is 1.24 bits per heavy atom. The number of carbonyl (C=O) groups is 1. The number of amides is 2. The molecule has 0 atom stereocenters. The summed E-state index contributed by atoms with van der Waals surface area (Å²) in [5.41, 5.74) is 2.14. The standard InChI is InChI=1S/C16H17N3OS/c20-16(18-10-8-13-5-2-1-3-6-13)19-11-12-21-15-14(19)7-4-9-17-15/h1-7,9H,8,10-12H2,(H,18,20). The van der Waals surface area contributed by atoms with Crippen LogP contribution in [-0.2, 0) is 6.42 Å². The van der Waals surface area contributed by atoms with E-state index in [0.29, 0.717) is 6.54 Å². The summed E-state index contributed by atoms with van der Waals surface area (Å²) in [6.45, 7) is 1.36. The van der Waals surface area contributed by atoms with Gasteiger partial charge in [-0.2, -0.15) is 0 Å². The molecule has 1 aliphatic rings. The van der Waals surface area contributed by atoms with Gasteiger partial charge in [0.05, 0.1) is 5.69 Å². The highest BCUT2D eigenvalue weighted by Crippen LogP contribution is 2.32. The highest BCUT2D eigenvalue weighted by atomic mass is 32.2. The van der Waals surface area contributed by atoms with Gasteiger partial charge in [0.25, 0.3) is 0 Å². The molecule has 0 saturated heterocycles. The Kier molecular flexibility index (Phi) is 4.40. The van der Waals surface area contributed by atoms with Crippen molar-refractivity contribution in [1.29, 1.82) is 0 Å². The van der Waals surface area contributed by atoms with Gasteiger partial charge < -0.3 is 5.32 Å². The van der Waals surface area contributed by atoms with Crippen molar-refractivity contribution in [2.24, 2.45) is 0 Å². The number of nitrogens with one attached hydrogen (secondary N) is 1. The third-order valence-electron chi connectivity index (χ3n) is 3.37. The molecule has 0 saturated carbocycles. The molecule has 3 rings (SSSR count). The lowest BCUT2D eigenvalue weighted by Gasteiger charge is -2.28. The van der Waals surface area contributed by atoms with Crippen molar-refractivity contribution < 1.29 is 4.79 Å². The van der Waals surface area contributed by atoms with Crippen LogP contribution in [0.3, 0.4) is 0 Å². The molecule has 0 fully saturated rings. The van der Waals surface area contributed by atoms with Crippen LogP contribution in [-0.4, -0.2) is 29.9 Å². The van der Waals surface area contributed by atoms with E-state index in [1.807, 2.05) is 30.3 Å². The number of aromatic nitrogens is 1. The zero-order chi connectivity index (χ0) is 14.5. The first-order valence-electron chi connectivity index (χ1n) is 7.02. The van der Waals surface area contributed by atoms with Gasteiger partial charge >= 0.3 is 6.03 Å². The summed E-state index contributed by atoms with van der Waals surface area (Å²) in [7, 11) is 0. The molecule has 1 aromatic heterocycles. The van der Waals surface area contributed by atoms with Crippen LogP contribution in [0.5, 0.6) is 0 Å². The number of carbonyl (C=O) groups excluding carboxylic acids is 1. The van der Waals surface area contributed by atoms with Gasteiger partial charge in [-0.05, 0) is 24.1 Å². The molecule has 0 aliphatic carbocycles. The highest BCUT2D eigenvalue weighted by molar-refractivity contribution is 7.99. The quantitative estimate of drug-likeness (QED) is 0.948. The molecule has 1 aliphatic heterocycles. The van der Waals surface area contributed by atoms with Crippen molar-refractivity contribution in [2.45, 2.75) is 11.4 Å². The Balaban J connectivity index is 1.59. The van der Waals surface area contributed by atoms with E-state index in [0.717, 1.165) is 29.4 Å². The van der Waals surface area contributed by atoms with Crippen molar-refractivity contribution in [3.05, 3.63) is 54.2 Å². The van der Waals surface area contributed by atoms with E-state index in [-0.39, 0.29) is 6.03 Å². The number of rotatable bonds is 3. The summed E-state index contributed by atoms with van der Waals surface area (Å²) >= 11 is 1.70. The fourth-order valence-electron chi connectivity index (χ4n) is 2.32. The SMILES string of the molecule is O=C(NCCc1ccccc1)N1CCSc2ncccc21. The number of benzene rings is 1. The number of anilines is 1. The van der Waals surface area contributed by atoms with Gasteiger partial charge in [-0.25, -0.2) is 9.78 Å². The lowest BCUT2D eigenvalue weighted by atomic mass is 10.1. The van der Waals surface area contributed by atoms with E-state index in [1.165, 1.54) is 5.56 Å². The Morgan fingerprint density at radius 3 is 2.95 bits per heavy atom. The Morgan fingerprint density at radius 2 is 2.10 bits per heavy atom. The molecule has 21 heavy (non-hydrogen) atoms. The molecular formula is C16H17N3OS. The normalized spacial score (nSPS) is 13.6. The topological polar surface area (TPSA) is 45.2 Å². The van der Waals surface area contributed by atoms with Crippen molar-refractivity contribution >= 4 is 23.5 Å². The molecule has 0 bridgehead atoms. The number of pyridine rings is 1. The summed E-state index contributed by atoms with van der Waals surface area (Å²) in [5.74, 6) is 0.885. The van der Waals surface area contributed by atoms with Gasteiger partial charge in [0.1, 0.15) is 5.03 Å². The van der Waals surface area contributed by atoms with Crippen molar-refractivity contribution in [2.75, 3.05) is 23.7 Å². The first kappa shape index (κ1) is 13.9. The second kappa shape index (κ2) is 6.63. The summed E-state index contributed by atoms with van der Waals surface area (Å²) < 4.78 is 0. The maximum absolute atomic E-state index is 12.3. The van der Waals surface area contributed by atoms with Gasteiger partial charge in [-0.3, -0.25) is 4.90 Å². The second-order valence-corrected chi connectivity index (χ2v) is 5.88. The predicted molar refractivity (Wildman–Crippen MR) is 85.9 cm³/mol. The fraction of sp³-hybridized carbons (Fsp3) is 0.250. The number of urea groups is 1. The minimum absolute atomic E-state index is 0.0412. The van der Waals surface area contributed by atoms with Crippen LogP contribution < -0.4 is 10.2 Å². The second-order valence-electron chi connectivity index (χ2n) is 4.80. The number of fused-ring (bicyclic) bond motifs is 1. The van der Waals surface area contributed by atoms with Crippen LogP contribution in [0.15, 0.2) is 53.7 Å². The summed E-state index contributed by atoms with van der Waals surface area (Å²) in [6, 6.07) is 14.0. The average Bonchev–Trinajstić information content (AvgIpc) is 2.55. The lowest BCUT2D eigenvalue weighted by Crippen LogP contribution is -2.43. The van der Waals surface area contributed by atoms with Gasteiger partial charge in [0, 0.05) is 25.0 Å². The van der Waals surface area contributed by atoms with Crippen LogP contribution in [0.1, 0.15) is 5.56 Å². The van der Waals surface area contributed by atoms with Crippen molar-refractivity contribution in [1.82, 2.24) is 10.3 Å². The van der Waals surface area contributed by atoms with E-state index in [9.17, 15) is 4.79 Å². The van der Waals surface area contributed by atoms with E-state index >= 15 is 0 Å². The molecular weight excluding hydrogens is 282 g/mol.